The van der Waals surface area contributed by atoms with E-state index < -0.39 is 0 Å². The van der Waals surface area contributed by atoms with Crippen molar-refractivity contribution in [3.8, 4) is 0 Å². The van der Waals surface area contributed by atoms with Crippen LogP contribution in [0.1, 0.15) is 46.4 Å². The Balaban J connectivity index is 2.32. The van der Waals surface area contributed by atoms with Crippen molar-refractivity contribution in [2.75, 3.05) is 6.54 Å². The Morgan fingerprint density at radius 1 is 1.35 bits per heavy atom. The van der Waals surface area contributed by atoms with Gasteiger partial charge in [-0.1, -0.05) is 34.1 Å². The minimum atomic E-state index is 0.668. The summed E-state index contributed by atoms with van der Waals surface area (Å²) >= 11 is 0. The van der Waals surface area contributed by atoms with Crippen molar-refractivity contribution in [3.63, 3.8) is 0 Å². The zero-order valence-electron chi connectivity index (χ0n) is 11.6. The molecule has 98 valence electrons. The predicted octanol–water partition coefficient (Wildman–Crippen LogP) is 2.46. The molecule has 1 rings (SSSR count). The number of nitrogens with one attached hydrogen (secondary N) is 1. The maximum absolute atomic E-state index is 4.47. The van der Waals surface area contributed by atoms with Crippen molar-refractivity contribution in [2.24, 2.45) is 11.8 Å². The molecule has 1 N–H and O–H groups in total. The van der Waals surface area contributed by atoms with E-state index in [0.717, 1.165) is 25.5 Å². The lowest BCUT2D eigenvalue weighted by Gasteiger charge is -2.08. The first-order chi connectivity index (χ1) is 8.11. The second kappa shape index (κ2) is 7.43. The van der Waals surface area contributed by atoms with Crippen molar-refractivity contribution in [2.45, 2.75) is 53.6 Å². The van der Waals surface area contributed by atoms with Gasteiger partial charge in [0.25, 0.3) is 0 Å². The van der Waals surface area contributed by atoms with Crippen LogP contribution in [0, 0.1) is 11.8 Å². The van der Waals surface area contributed by atoms with E-state index in [9.17, 15) is 0 Å². The van der Waals surface area contributed by atoms with Crippen LogP contribution < -0.4 is 5.32 Å². The van der Waals surface area contributed by atoms with Gasteiger partial charge in [0.1, 0.15) is 6.33 Å². The molecule has 4 nitrogen and oxygen atoms in total. The molecule has 0 aliphatic carbocycles. The van der Waals surface area contributed by atoms with Crippen molar-refractivity contribution in [1.82, 2.24) is 20.1 Å². The summed E-state index contributed by atoms with van der Waals surface area (Å²) < 4.78 is 1.96. The van der Waals surface area contributed by atoms with Crippen molar-refractivity contribution in [1.29, 1.82) is 0 Å². The summed E-state index contributed by atoms with van der Waals surface area (Å²) in [5, 5.41) is 7.83. The molecule has 0 aromatic carbocycles. The van der Waals surface area contributed by atoms with Gasteiger partial charge >= 0.3 is 0 Å². The monoisotopic (exact) mass is 238 g/mol. The summed E-state index contributed by atoms with van der Waals surface area (Å²) in [6.45, 7) is 11.6. The van der Waals surface area contributed by atoms with Gasteiger partial charge in [-0.05, 0) is 24.8 Å². The number of aromatic nitrogens is 3. The third kappa shape index (κ3) is 5.82. The van der Waals surface area contributed by atoms with Gasteiger partial charge in [0.05, 0.1) is 6.54 Å². The van der Waals surface area contributed by atoms with Gasteiger partial charge in [0, 0.05) is 6.54 Å². The summed E-state index contributed by atoms with van der Waals surface area (Å²) in [6, 6.07) is 0. The van der Waals surface area contributed by atoms with Gasteiger partial charge in [-0.25, -0.2) is 4.98 Å². The number of hydrogen-bond donors (Lipinski definition) is 1. The fourth-order valence-corrected chi connectivity index (χ4v) is 1.88. The topological polar surface area (TPSA) is 42.7 Å². The van der Waals surface area contributed by atoms with Crippen LogP contribution in [0.25, 0.3) is 0 Å². The van der Waals surface area contributed by atoms with Crippen molar-refractivity contribution < 1.29 is 0 Å². The normalized spacial score (nSPS) is 13.2. The fraction of sp³-hybridized carbons (Fsp3) is 0.846. The SMILES string of the molecule is CCCC(C)Cn1cnc(CNCC(C)C)n1. The van der Waals surface area contributed by atoms with Gasteiger partial charge in [0.15, 0.2) is 5.82 Å². The van der Waals surface area contributed by atoms with Crippen molar-refractivity contribution >= 4 is 0 Å². The third-order valence-electron chi connectivity index (χ3n) is 2.70. The summed E-state index contributed by atoms with van der Waals surface area (Å²) in [5.41, 5.74) is 0. The minimum absolute atomic E-state index is 0.668. The summed E-state index contributed by atoms with van der Waals surface area (Å²) in [6.07, 6.45) is 4.33. The largest absolute Gasteiger partial charge is 0.310 e. The lowest BCUT2D eigenvalue weighted by atomic mass is 10.1. The van der Waals surface area contributed by atoms with Gasteiger partial charge in [-0.3, -0.25) is 4.68 Å². The Morgan fingerprint density at radius 2 is 2.12 bits per heavy atom. The first-order valence-corrected chi connectivity index (χ1v) is 6.70. The van der Waals surface area contributed by atoms with E-state index in [4.69, 9.17) is 0 Å². The highest BCUT2D eigenvalue weighted by atomic mass is 15.3. The van der Waals surface area contributed by atoms with Gasteiger partial charge < -0.3 is 5.32 Å². The van der Waals surface area contributed by atoms with Gasteiger partial charge in [0.2, 0.25) is 0 Å². The molecular weight excluding hydrogens is 212 g/mol. The Kier molecular flexibility index (Phi) is 6.19. The molecule has 0 fully saturated rings. The summed E-state index contributed by atoms with van der Waals surface area (Å²) in [4.78, 5) is 4.32. The maximum atomic E-state index is 4.47. The molecule has 1 aromatic heterocycles. The Hall–Kier alpha value is -0.900. The molecule has 1 heterocycles. The quantitative estimate of drug-likeness (QED) is 0.756. The standard InChI is InChI=1S/C13H26N4/c1-5-6-12(4)9-17-10-15-13(16-17)8-14-7-11(2)3/h10-12,14H,5-9H2,1-4H3. The Labute approximate surface area is 105 Å². The molecule has 0 aliphatic rings. The molecule has 0 amide bonds. The zero-order chi connectivity index (χ0) is 12.7. The fourth-order valence-electron chi connectivity index (χ4n) is 1.88. The molecule has 1 aromatic rings. The zero-order valence-corrected chi connectivity index (χ0v) is 11.6. The number of nitrogens with zero attached hydrogens (tertiary/aromatic N) is 3. The van der Waals surface area contributed by atoms with E-state index in [1.807, 2.05) is 11.0 Å². The smallest absolute Gasteiger partial charge is 0.164 e. The van der Waals surface area contributed by atoms with E-state index >= 15 is 0 Å². The maximum Gasteiger partial charge on any atom is 0.164 e. The predicted molar refractivity (Wildman–Crippen MR) is 70.6 cm³/mol. The second-order valence-electron chi connectivity index (χ2n) is 5.30. The van der Waals surface area contributed by atoms with Crippen LogP contribution in [0.15, 0.2) is 6.33 Å². The van der Waals surface area contributed by atoms with Crippen LogP contribution in [0.2, 0.25) is 0 Å². The summed E-state index contributed by atoms with van der Waals surface area (Å²) in [7, 11) is 0. The van der Waals surface area contributed by atoms with E-state index in [0.29, 0.717) is 11.8 Å². The van der Waals surface area contributed by atoms with E-state index in [1.54, 1.807) is 0 Å². The van der Waals surface area contributed by atoms with Crippen LogP contribution in [-0.2, 0) is 13.1 Å². The molecule has 0 aliphatic heterocycles. The van der Waals surface area contributed by atoms with E-state index in [1.165, 1.54) is 12.8 Å². The van der Waals surface area contributed by atoms with Crippen molar-refractivity contribution in [3.05, 3.63) is 12.2 Å². The van der Waals surface area contributed by atoms with Crippen LogP contribution >= 0.6 is 0 Å². The molecule has 0 saturated carbocycles. The highest BCUT2D eigenvalue weighted by Gasteiger charge is 2.05. The molecule has 0 bridgehead atoms. The third-order valence-corrected chi connectivity index (χ3v) is 2.70. The van der Waals surface area contributed by atoms with E-state index in [2.05, 4.69) is 43.1 Å². The first kappa shape index (κ1) is 14.2. The average Bonchev–Trinajstić information content (AvgIpc) is 2.65. The molecule has 4 heteroatoms. The molecule has 0 radical (unpaired) electrons. The molecule has 1 unspecified atom stereocenters. The van der Waals surface area contributed by atoms with Gasteiger partial charge in [-0.2, -0.15) is 5.10 Å². The van der Waals surface area contributed by atoms with Crippen LogP contribution in [0.4, 0.5) is 0 Å². The lowest BCUT2D eigenvalue weighted by molar-refractivity contribution is 0.417. The highest BCUT2D eigenvalue weighted by molar-refractivity contribution is 4.81. The molecule has 0 spiro atoms. The highest BCUT2D eigenvalue weighted by Crippen LogP contribution is 2.07. The number of hydrogen-bond acceptors (Lipinski definition) is 3. The second-order valence-corrected chi connectivity index (χ2v) is 5.30. The molecule has 17 heavy (non-hydrogen) atoms. The van der Waals surface area contributed by atoms with Gasteiger partial charge in [-0.15, -0.1) is 0 Å². The minimum Gasteiger partial charge on any atom is -0.310 e. The Morgan fingerprint density at radius 3 is 2.76 bits per heavy atom. The Bertz CT molecular complexity index is 306. The molecule has 1 atom stereocenters. The van der Waals surface area contributed by atoms with E-state index in [-0.39, 0.29) is 0 Å². The number of rotatable bonds is 8. The average molecular weight is 238 g/mol. The summed E-state index contributed by atoms with van der Waals surface area (Å²) in [5.74, 6) is 2.24. The molecular formula is C13H26N4. The first-order valence-electron chi connectivity index (χ1n) is 6.70. The van der Waals surface area contributed by atoms with Crippen LogP contribution in [0.3, 0.4) is 0 Å². The van der Waals surface area contributed by atoms with Crippen LogP contribution in [-0.4, -0.2) is 21.3 Å². The van der Waals surface area contributed by atoms with Crippen LogP contribution in [0.5, 0.6) is 0 Å². The molecule has 0 saturated heterocycles. The lowest BCUT2D eigenvalue weighted by Crippen LogP contribution is -2.20.